The zero-order chi connectivity index (χ0) is 37.4. The maximum atomic E-state index is 14.4. The molecule has 2 N–H and O–H groups in total. The van der Waals surface area contributed by atoms with Crippen molar-refractivity contribution >= 4 is 27.2 Å². The number of nitrogens with one attached hydrogen (secondary N) is 1. The number of benzene rings is 2. The van der Waals surface area contributed by atoms with Crippen molar-refractivity contribution in [3.63, 3.8) is 0 Å². The van der Waals surface area contributed by atoms with E-state index in [2.05, 4.69) is 89.9 Å². The second-order valence-corrected chi connectivity index (χ2v) is 18.2. The number of hydrogen-bond acceptors (Lipinski definition) is 6. The van der Waals surface area contributed by atoms with Crippen LogP contribution in [0, 0.1) is 0 Å². The van der Waals surface area contributed by atoms with Crippen LogP contribution in [0.3, 0.4) is 0 Å². The lowest BCUT2D eigenvalue weighted by Crippen LogP contribution is -2.40. The van der Waals surface area contributed by atoms with Gasteiger partial charge < -0.3 is 28.4 Å². The molecule has 0 fully saturated rings. The summed E-state index contributed by atoms with van der Waals surface area (Å²) in [5.74, 6) is -0.150. The Labute approximate surface area is 297 Å². The molecule has 1 aliphatic carbocycles. The van der Waals surface area contributed by atoms with Crippen molar-refractivity contribution in [2.75, 3.05) is 129 Å². The highest BCUT2D eigenvalue weighted by Gasteiger charge is 2.29. The van der Waals surface area contributed by atoms with Crippen LogP contribution < -0.4 is 27.4 Å². The lowest BCUT2D eigenvalue weighted by atomic mass is 9.89. The van der Waals surface area contributed by atoms with Crippen LogP contribution in [-0.2, 0) is 13.1 Å². The van der Waals surface area contributed by atoms with Gasteiger partial charge in [-0.25, -0.2) is 0 Å². The summed E-state index contributed by atoms with van der Waals surface area (Å²) in [4.78, 5) is 48.1. The third-order valence-corrected chi connectivity index (χ3v) is 9.29. The van der Waals surface area contributed by atoms with Crippen LogP contribution in [0.5, 0.6) is 5.88 Å². The Hall–Kier alpha value is -3.58. The predicted molar refractivity (Wildman–Crippen MR) is 206 cm³/mol. The van der Waals surface area contributed by atoms with E-state index in [1.165, 1.54) is 9.13 Å². The van der Waals surface area contributed by atoms with E-state index in [-0.39, 0.29) is 29.1 Å². The molecule has 50 heavy (non-hydrogen) atoms. The highest BCUT2D eigenvalue weighted by Crippen LogP contribution is 2.40. The van der Waals surface area contributed by atoms with Crippen LogP contribution in [0.25, 0.3) is 32.7 Å². The summed E-state index contributed by atoms with van der Waals surface area (Å²) in [7, 11) is 25.4. The van der Waals surface area contributed by atoms with Gasteiger partial charge >= 0.3 is 0 Å². The third-order valence-electron chi connectivity index (χ3n) is 9.29. The molecule has 0 bridgehead atoms. The SMILES string of the molecule is C[N+](C)(C)CCCN=c1cc2c(=O)n(CCC[N+](C)(C)C)c(=O)c3c(NCCC[N+](C)(C)C)cc4c(O)n(CCC[N+](C)(C)C)c(=O)c1c4c3-2. The van der Waals surface area contributed by atoms with Crippen molar-refractivity contribution in [2.24, 2.45) is 4.99 Å². The highest BCUT2D eigenvalue weighted by atomic mass is 16.3. The van der Waals surface area contributed by atoms with Crippen molar-refractivity contribution in [1.29, 1.82) is 0 Å². The number of pyridine rings is 2. The molecule has 2 aliphatic rings. The van der Waals surface area contributed by atoms with Gasteiger partial charge in [0.2, 0.25) is 5.88 Å². The largest absolute Gasteiger partial charge is 0.494 e. The molecule has 0 amide bonds. The molecule has 0 radical (unpaired) electrons. The highest BCUT2D eigenvalue weighted by molar-refractivity contribution is 6.18. The zero-order valence-electron chi connectivity index (χ0n) is 32.9. The minimum absolute atomic E-state index is 0.150. The molecule has 1 aliphatic heterocycles. The number of rotatable bonds is 17. The van der Waals surface area contributed by atoms with Crippen molar-refractivity contribution in [3.8, 4) is 17.0 Å². The summed E-state index contributed by atoms with van der Waals surface area (Å²) in [6.07, 6.45) is 2.98. The maximum absolute atomic E-state index is 14.4. The molecule has 4 rings (SSSR count). The first kappa shape index (κ1) is 39.2. The van der Waals surface area contributed by atoms with Crippen LogP contribution in [0.4, 0.5) is 5.69 Å². The number of anilines is 1. The Morgan fingerprint density at radius 1 is 0.620 bits per heavy atom. The van der Waals surface area contributed by atoms with E-state index in [9.17, 15) is 19.5 Å². The van der Waals surface area contributed by atoms with E-state index in [0.717, 1.165) is 52.5 Å². The van der Waals surface area contributed by atoms with Crippen molar-refractivity contribution < 1.29 is 23.0 Å². The normalized spacial score (nSPS) is 13.8. The van der Waals surface area contributed by atoms with E-state index in [0.29, 0.717) is 80.7 Å². The molecule has 1 aromatic heterocycles. The molecular weight excluding hydrogens is 632 g/mol. The van der Waals surface area contributed by atoms with Crippen LogP contribution in [0.2, 0.25) is 0 Å². The molecule has 0 unspecified atom stereocenters. The number of quaternary nitrogens is 4. The van der Waals surface area contributed by atoms with E-state index < -0.39 is 0 Å². The van der Waals surface area contributed by atoms with Crippen LogP contribution in [0.15, 0.2) is 31.5 Å². The van der Waals surface area contributed by atoms with Gasteiger partial charge in [0.1, 0.15) is 0 Å². The van der Waals surface area contributed by atoms with E-state index in [1.54, 1.807) is 6.07 Å². The van der Waals surface area contributed by atoms with Gasteiger partial charge in [-0.1, -0.05) is 0 Å². The van der Waals surface area contributed by atoms with Crippen LogP contribution >= 0.6 is 0 Å². The maximum Gasteiger partial charge on any atom is 0.263 e. The first-order chi connectivity index (χ1) is 23.0. The van der Waals surface area contributed by atoms with Crippen LogP contribution in [-0.4, -0.2) is 156 Å². The minimum Gasteiger partial charge on any atom is -0.494 e. The van der Waals surface area contributed by atoms with Gasteiger partial charge in [0, 0.05) is 73.9 Å². The summed E-state index contributed by atoms with van der Waals surface area (Å²) in [5.41, 5.74) is 0.234. The molecule has 12 nitrogen and oxygen atoms in total. The van der Waals surface area contributed by atoms with Crippen molar-refractivity contribution in [2.45, 2.75) is 38.8 Å². The molecule has 276 valence electrons. The van der Waals surface area contributed by atoms with E-state index >= 15 is 0 Å². The van der Waals surface area contributed by atoms with Gasteiger partial charge in [0.15, 0.2) is 0 Å². The van der Waals surface area contributed by atoms with Crippen molar-refractivity contribution in [1.82, 2.24) is 9.13 Å². The molecule has 1 aromatic carbocycles. The summed E-state index contributed by atoms with van der Waals surface area (Å²) < 4.78 is 5.84. The number of nitrogens with zero attached hydrogens (tertiary/aromatic N) is 7. The first-order valence-electron chi connectivity index (χ1n) is 18.0. The molecular formula is C38H64N8O4+4. The van der Waals surface area contributed by atoms with Gasteiger partial charge in [0.05, 0.1) is 132 Å². The minimum atomic E-state index is -0.385. The van der Waals surface area contributed by atoms with Gasteiger partial charge in [-0.2, -0.15) is 0 Å². The molecule has 0 saturated carbocycles. The molecule has 0 atom stereocenters. The predicted octanol–water partition coefficient (Wildman–Crippen LogP) is 2.06. The fraction of sp³-hybridized carbons (Fsp3) is 0.632. The number of aromatic hydroxyl groups is 1. The third kappa shape index (κ3) is 9.39. The first-order valence-corrected chi connectivity index (χ1v) is 18.0. The Balaban J connectivity index is 2.07. The Kier molecular flexibility index (Phi) is 11.4. The van der Waals surface area contributed by atoms with Gasteiger partial charge in [-0.3, -0.25) is 28.5 Å². The Bertz CT molecular complexity index is 2000. The summed E-state index contributed by atoms with van der Waals surface area (Å²) in [6.45, 7) is 5.11. The van der Waals surface area contributed by atoms with E-state index in [1.807, 2.05) is 6.07 Å². The summed E-state index contributed by atoms with van der Waals surface area (Å²) >= 11 is 0. The fourth-order valence-corrected chi connectivity index (χ4v) is 6.76. The second kappa shape index (κ2) is 14.6. The summed E-state index contributed by atoms with van der Waals surface area (Å²) in [5, 5.41) is 17.4. The summed E-state index contributed by atoms with van der Waals surface area (Å²) in [6, 6.07) is 3.54. The van der Waals surface area contributed by atoms with Crippen molar-refractivity contribution in [3.05, 3.63) is 48.6 Å². The molecule has 2 aromatic rings. The zero-order valence-corrected chi connectivity index (χ0v) is 32.9. The van der Waals surface area contributed by atoms with Gasteiger partial charge in [-0.15, -0.1) is 0 Å². The Morgan fingerprint density at radius 3 is 1.68 bits per heavy atom. The molecule has 0 saturated heterocycles. The quantitative estimate of drug-likeness (QED) is 0.100. The fourth-order valence-electron chi connectivity index (χ4n) is 6.76. The van der Waals surface area contributed by atoms with Gasteiger partial charge in [0.25, 0.3) is 16.7 Å². The van der Waals surface area contributed by atoms with Crippen LogP contribution in [0.1, 0.15) is 25.7 Å². The molecule has 2 heterocycles. The Morgan fingerprint density at radius 2 is 1.12 bits per heavy atom. The average molecular weight is 697 g/mol. The average Bonchev–Trinajstić information content (AvgIpc) is 2.96. The number of hydrogen-bond donors (Lipinski definition) is 2. The lowest BCUT2D eigenvalue weighted by molar-refractivity contribution is -0.870. The molecule has 0 spiro atoms. The van der Waals surface area contributed by atoms with Gasteiger partial charge in [-0.05, 0) is 12.1 Å². The molecule has 12 heteroatoms. The second-order valence-electron chi connectivity index (χ2n) is 18.2. The number of aromatic nitrogens is 2. The lowest BCUT2D eigenvalue weighted by Gasteiger charge is -2.26. The smallest absolute Gasteiger partial charge is 0.263 e. The monoisotopic (exact) mass is 697 g/mol. The van der Waals surface area contributed by atoms with E-state index in [4.69, 9.17) is 4.99 Å². The topological polar surface area (TPSA) is 106 Å². The standard InChI is InChI=1S/C38H62N8O4/c1-43(2,3)21-13-17-39-29-25-27-32-31-28(36(48)41(37(49)33(29)31)19-15-23-45(7,8)9)26-30(40-18-14-22-44(4,5)6)34(32)38(50)42(35(27)47)20-16-24-46(10,11)12/h25-26H,13-24H2,1-12H3/q+2/p+2.